The fraction of sp³-hybridized carbons (Fsp3) is 0.222. The summed E-state index contributed by atoms with van der Waals surface area (Å²) >= 11 is 0. The maximum Gasteiger partial charge on any atom is 0.224 e. The van der Waals surface area contributed by atoms with Crippen LogP contribution >= 0.6 is 0 Å². The van der Waals surface area contributed by atoms with Crippen molar-refractivity contribution < 1.29 is 9.53 Å². The molecule has 0 radical (unpaired) electrons. The zero-order valence-electron chi connectivity index (χ0n) is 12.9. The zero-order chi connectivity index (χ0) is 15.8. The Morgan fingerprint density at radius 1 is 1.09 bits per heavy atom. The third-order valence-corrected chi connectivity index (χ3v) is 3.03. The van der Waals surface area contributed by atoms with Crippen molar-refractivity contribution in [1.82, 2.24) is 0 Å². The number of hydrogen-bond acceptors (Lipinski definition) is 3. The van der Waals surface area contributed by atoms with Crippen molar-refractivity contribution in [3.05, 3.63) is 54.1 Å². The van der Waals surface area contributed by atoms with Gasteiger partial charge < -0.3 is 10.1 Å². The second kappa shape index (κ2) is 7.98. The van der Waals surface area contributed by atoms with E-state index in [0.29, 0.717) is 13.0 Å². The van der Waals surface area contributed by atoms with Gasteiger partial charge in [-0.1, -0.05) is 6.92 Å². The Morgan fingerprint density at radius 3 is 2.36 bits per heavy atom. The van der Waals surface area contributed by atoms with Crippen molar-refractivity contribution >= 4 is 23.5 Å². The highest BCUT2D eigenvalue weighted by atomic mass is 16.5. The van der Waals surface area contributed by atoms with Crippen molar-refractivity contribution in [1.29, 1.82) is 0 Å². The van der Waals surface area contributed by atoms with E-state index < -0.39 is 0 Å². The molecule has 2 aromatic rings. The van der Waals surface area contributed by atoms with E-state index in [0.717, 1.165) is 22.7 Å². The second-order valence-electron chi connectivity index (χ2n) is 4.71. The minimum absolute atomic E-state index is 0.00522. The molecule has 0 aliphatic carbocycles. The Kier molecular flexibility index (Phi) is 5.72. The van der Waals surface area contributed by atoms with Crippen LogP contribution in [0.1, 0.15) is 25.8 Å². The number of aliphatic imine (C=N–C) groups is 1. The second-order valence-corrected chi connectivity index (χ2v) is 4.71. The number of anilines is 1. The van der Waals surface area contributed by atoms with Gasteiger partial charge in [-0.25, -0.2) is 0 Å². The van der Waals surface area contributed by atoms with Gasteiger partial charge in [0.1, 0.15) is 5.75 Å². The summed E-state index contributed by atoms with van der Waals surface area (Å²) in [5.74, 6) is 0.862. The van der Waals surface area contributed by atoms with Crippen LogP contribution in [-0.4, -0.2) is 18.7 Å². The lowest BCUT2D eigenvalue weighted by atomic mass is 10.2. The van der Waals surface area contributed by atoms with Crippen molar-refractivity contribution in [2.75, 3.05) is 11.9 Å². The Hall–Kier alpha value is -2.62. The van der Waals surface area contributed by atoms with Crippen LogP contribution in [0.25, 0.3) is 0 Å². The van der Waals surface area contributed by atoms with E-state index in [9.17, 15) is 4.79 Å². The molecule has 2 aromatic carbocycles. The summed E-state index contributed by atoms with van der Waals surface area (Å²) in [6.45, 7) is 4.45. The molecule has 1 amide bonds. The number of rotatable bonds is 6. The molecule has 2 rings (SSSR count). The quantitative estimate of drug-likeness (QED) is 0.813. The number of nitrogens with zero attached hydrogens (tertiary/aromatic N) is 1. The molecule has 0 bridgehead atoms. The minimum Gasteiger partial charge on any atom is -0.494 e. The molecule has 22 heavy (non-hydrogen) atoms. The number of amides is 1. The molecule has 4 nitrogen and oxygen atoms in total. The number of nitrogens with one attached hydrogen (secondary N) is 1. The number of hydrogen-bond donors (Lipinski definition) is 1. The van der Waals surface area contributed by atoms with Gasteiger partial charge in [-0.2, -0.15) is 0 Å². The van der Waals surface area contributed by atoms with Crippen LogP contribution in [0.2, 0.25) is 0 Å². The van der Waals surface area contributed by atoms with Crippen molar-refractivity contribution in [2.24, 2.45) is 4.99 Å². The Bertz CT molecular complexity index is 631. The van der Waals surface area contributed by atoms with Gasteiger partial charge in [0.05, 0.1) is 12.3 Å². The lowest BCUT2D eigenvalue weighted by Crippen LogP contribution is -2.08. The summed E-state index contributed by atoms with van der Waals surface area (Å²) < 4.78 is 5.40. The molecule has 0 heterocycles. The first-order chi connectivity index (χ1) is 10.7. The predicted molar refractivity (Wildman–Crippen MR) is 90.2 cm³/mol. The van der Waals surface area contributed by atoms with Gasteiger partial charge in [-0.3, -0.25) is 9.79 Å². The average Bonchev–Trinajstić information content (AvgIpc) is 2.56. The van der Waals surface area contributed by atoms with Crippen LogP contribution < -0.4 is 10.1 Å². The van der Waals surface area contributed by atoms with Gasteiger partial charge in [0.15, 0.2) is 0 Å². The van der Waals surface area contributed by atoms with E-state index in [1.807, 2.05) is 62.4 Å². The highest BCUT2D eigenvalue weighted by molar-refractivity contribution is 5.90. The monoisotopic (exact) mass is 296 g/mol. The van der Waals surface area contributed by atoms with Crippen LogP contribution in [0.3, 0.4) is 0 Å². The van der Waals surface area contributed by atoms with Crippen LogP contribution in [-0.2, 0) is 4.79 Å². The Balaban J connectivity index is 1.99. The lowest BCUT2D eigenvalue weighted by molar-refractivity contribution is -0.115. The summed E-state index contributed by atoms with van der Waals surface area (Å²) in [7, 11) is 0. The third-order valence-electron chi connectivity index (χ3n) is 3.03. The van der Waals surface area contributed by atoms with E-state index in [2.05, 4.69) is 10.3 Å². The maximum absolute atomic E-state index is 11.3. The van der Waals surface area contributed by atoms with Gasteiger partial charge in [-0.15, -0.1) is 0 Å². The molecule has 0 saturated heterocycles. The molecular formula is C18H20N2O2. The average molecular weight is 296 g/mol. The van der Waals surface area contributed by atoms with Gasteiger partial charge in [-0.05, 0) is 61.0 Å². The van der Waals surface area contributed by atoms with Crippen LogP contribution in [0.15, 0.2) is 53.5 Å². The highest BCUT2D eigenvalue weighted by Gasteiger charge is 1.98. The van der Waals surface area contributed by atoms with Gasteiger partial charge in [0, 0.05) is 18.3 Å². The zero-order valence-corrected chi connectivity index (χ0v) is 12.9. The molecule has 0 fully saturated rings. The largest absolute Gasteiger partial charge is 0.494 e. The predicted octanol–water partition coefficient (Wildman–Crippen LogP) is 4.18. The van der Waals surface area contributed by atoms with E-state index >= 15 is 0 Å². The third kappa shape index (κ3) is 4.74. The molecule has 0 aromatic heterocycles. The molecule has 0 aliphatic heterocycles. The number of benzene rings is 2. The standard InChI is InChI=1S/C18H20N2O2/c1-3-18(21)20-16-9-7-15(8-10-16)19-13-14-5-11-17(12-6-14)22-4-2/h5-13H,3-4H2,1-2H3,(H,20,21). The first-order valence-corrected chi connectivity index (χ1v) is 7.38. The summed E-state index contributed by atoms with van der Waals surface area (Å²) in [6.07, 6.45) is 2.27. The van der Waals surface area contributed by atoms with Crippen molar-refractivity contribution in [3.63, 3.8) is 0 Å². The Morgan fingerprint density at radius 2 is 1.77 bits per heavy atom. The molecule has 4 heteroatoms. The number of carbonyl (C=O) groups excluding carboxylic acids is 1. The van der Waals surface area contributed by atoms with Crippen molar-refractivity contribution in [3.8, 4) is 5.75 Å². The SMILES string of the molecule is CCOc1ccc(C=Nc2ccc(NC(=O)CC)cc2)cc1. The molecular weight excluding hydrogens is 276 g/mol. The van der Waals surface area contributed by atoms with Gasteiger partial charge in [0.25, 0.3) is 0 Å². The molecule has 0 spiro atoms. The van der Waals surface area contributed by atoms with E-state index in [4.69, 9.17) is 4.74 Å². The fourth-order valence-corrected chi connectivity index (χ4v) is 1.85. The van der Waals surface area contributed by atoms with Gasteiger partial charge in [0.2, 0.25) is 5.91 Å². The summed E-state index contributed by atoms with van der Waals surface area (Å²) in [4.78, 5) is 15.7. The molecule has 114 valence electrons. The minimum atomic E-state index is 0.00522. The smallest absolute Gasteiger partial charge is 0.224 e. The normalized spacial score (nSPS) is 10.6. The fourth-order valence-electron chi connectivity index (χ4n) is 1.85. The van der Waals surface area contributed by atoms with E-state index in [1.54, 1.807) is 6.21 Å². The molecule has 0 atom stereocenters. The van der Waals surface area contributed by atoms with Crippen LogP contribution in [0.4, 0.5) is 11.4 Å². The lowest BCUT2D eigenvalue weighted by Gasteiger charge is -2.03. The topological polar surface area (TPSA) is 50.7 Å². The summed E-state index contributed by atoms with van der Waals surface area (Å²) in [5, 5.41) is 2.81. The number of carbonyl (C=O) groups is 1. The molecule has 0 aliphatic rings. The van der Waals surface area contributed by atoms with E-state index in [1.165, 1.54) is 0 Å². The first kappa shape index (κ1) is 15.8. The summed E-state index contributed by atoms with van der Waals surface area (Å²) in [5.41, 5.74) is 2.63. The molecule has 0 unspecified atom stereocenters. The number of ether oxygens (including phenoxy) is 1. The Labute approximate surface area is 130 Å². The maximum atomic E-state index is 11.3. The molecule has 1 N–H and O–H groups in total. The molecule has 0 saturated carbocycles. The summed E-state index contributed by atoms with van der Waals surface area (Å²) in [6, 6.07) is 15.2. The first-order valence-electron chi connectivity index (χ1n) is 7.38. The van der Waals surface area contributed by atoms with Gasteiger partial charge >= 0.3 is 0 Å². The van der Waals surface area contributed by atoms with E-state index in [-0.39, 0.29) is 5.91 Å². The highest BCUT2D eigenvalue weighted by Crippen LogP contribution is 2.17. The van der Waals surface area contributed by atoms with Crippen LogP contribution in [0.5, 0.6) is 5.75 Å². The van der Waals surface area contributed by atoms with Crippen molar-refractivity contribution in [2.45, 2.75) is 20.3 Å². The van der Waals surface area contributed by atoms with Crippen LogP contribution in [0, 0.1) is 0 Å².